The molecule has 1 nitrogen and oxygen atoms in total. The molecule has 0 aromatic heterocycles. The van der Waals surface area contributed by atoms with Gasteiger partial charge in [-0.3, -0.25) is 0 Å². The monoisotopic (exact) mass is 242 g/mol. The predicted octanol–water partition coefficient (Wildman–Crippen LogP) is 3.47. The van der Waals surface area contributed by atoms with Gasteiger partial charge in [0.05, 0.1) is 0 Å². The van der Waals surface area contributed by atoms with E-state index in [2.05, 4.69) is 24.3 Å². The van der Waals surface area contributed by atoms with Crippen LogP contribution in [0.15, 0.2) is 35.5 Å². The van der Waals surface area contributed by atoms with Gasteiger partial charge in [-0.25, -0.2) is 0 Å². The summed E-state index contributed by atoms with van der Waals surface area (Å²) in [5.74, 6) is 3.66. The summed E-state index contributed by atoms with van der Waals surface area (Å²) in [6, 6.07) is 0. The molecule has 0 amide bonds. The van der Waals surface area contributed by atoms with Crippen LogP contribution in [0.25, 0.3) is 0 Å². The molecule has 18 heavy (non-hydrogen) atoms. The van der Waals surface area contributed by atoms with Gasteiger partial charge in [-0.1, -0.05) is 35.5 Å². The van der Waals surface area contributed by atoms with Gasteiger partial charge in [-0.15, -0.1) is 0 Å². The average molecular weight is 242 g/mol. The minimum Gasteiger partial charge on any atom is -0.396 e. The minimum atomic E-state index is 0.391. The highest BCUT2D eigenvalue weighted by Gasteiger charge is 2.39. The van der Waals surface area contributed by atoms with Crippen molar-refractivity contribution in [3.63, 3.8) is 0 Å². The molecule has 0 heterocycles. The van der Waals surface area contributed by atoms with Crippen LogP contribution in [0.5, 0.6) is 0 Å². The molecule has 0 radical (unpaired) electrons. The van der Waals surface area contributed by atoms with Crippen LogP contribution in [0.3, 0.4) is 0 Å². The van der Waals surface area contributed by atoms with E-state index in [1.807, 2.05) is 0 Å². The molecule has 1 heteroatoms. The molecule has 0 aromatic carbocycles. The summed E-state index contributed by atoms with van der Waals surface area (Å²) < 4.78 is 0. The fraction of sp³-hybridized carbons (Fsp3) is 0.647. The maximum atomic E-state index is 9.42. The highest BCUT2D eigenvalue weighted by Crippen LogP contribution is 2.49. The first-order chi connectivity index (χ1) is 8.83. The lowest BCUT2D eigenvalue weighted by Crippen LogP contribution is -2.15. The molecule has 96 valence electrons. The molecule has 0 saturated heterocycles. The third kappa shape index (κ3) is 1.64. The Labute approximate surface area is 109 Å². The largest absolute Gasteiger partial charge is 0.396 e. The van der Waals surface area contributed by atoms with Crippen molar-refractivity contribution < 1.29 is 5.11 Å². The summed E-state index contributed by atoms with van der Waals surface area (Å²) in [5, 5.41) is 9.42. The number of fused-ring (bicyclic) bond motifs is 4. The maximum absolute atomic E-state index is 9.42. The van der Waals surface area contributed by atoms with Crippen molar-refractivity contribution in [1.29, 1.82) is 0 Å². The van der Waals surface area contributed by atoms with Crippen LogP contribution in [-0.2, 0) is 0 Å². The summed E-state index contributed by atoms with van der Waals surface area (Å²) >= 11 is 0. The van der Waals surface area contributed by atoms with E-state index in [9.17, 15) is 5.11 Å². The van der Waals surface area contributed by atoms with Gasteiger partial charge in [0, 0.05) is 6.61 Å². The summed E-state index contributed by atoms with van der Waals surface area (Å²) in [7, 11) is 0. The Kier molecular flexibility index (Phi) is 2.51. The fourth-order valence-electron chi connectivity index (χ4n) is 4.74. The number of allylic oxidation sites excluding steroid dienone is 6. The maximum Gasteiger partial charge on any atom is 0.0465 e. The zero-order valence-electron chi connectivity index (χ0n) is 10.9. The van der Waals surface area contributed by atoms with Crippen molar-refractivity contribution in [2.75, 3.05) is 6.61 Å². The number of hydrogen-bond donors (Lipinski definition) is 1. The van der Waals surface area contributed by atoms with Crippen molar-refractivity contribution in [3.8, 4) is 0 Å². The molecular weight excluding hydrogens is 220 g/mol. The third-order valence-corrected chi connectivity index (χ3v) is 5.64. The molecule has 2 fully saturated rings. The van der Waals surface area contributed by atoms with E-state index in [1.54, 1.807) is 11.1 Å². The van der Waals surface area contributed by atoms with Crippen LogP contribution in [0.4, 0.5) is 0 Å². The second-order valence-corrected chi connectivity index (χ2v) is 6.70. The Morgan fingerprint density at radius 3 is 2.78 bits per heavy atom. The van der Waals surface area contributed by atoms with Crippen LogP contribution in [-0.4, -0.2) is 11.7 Å². The van der Waals surface area contributed by atoms with Crippen molar-refractivity contribution in [2.45, 2.75) is 32.1 Å². The standard InChI is InChI=1S/C17H22O/c18-10-16-8-12-7-15(17(16)9-12)4-3-14-6-11-1-2-13(14)5-11/h1-3,7,11-13,16-18H,4-6,8-10H2/b14-3+. The topological polar surface area (TPSA) is 20.2 Å². The lowest BCUT2D eigenvalue weighted by molar-refractivity contribution is 0.202. The van der Waals surface area contributed by atoms with Gasteiger partial charge in [-0.05, 0) is 61.7 Å². The number of rotatable bonds is 3. The van der Waals surface area contributed by atoms with Gasteiger partial charge >= 0.3 is 0 Å². The Hall–Kier alpha value is -0.820. The predicted molar refractivity (Wildman–Crippen MR) is 72.9 cm³/mol. The van der Waals surface area contributed by atoms with E-state index in [4.69, 9.17) is 0 Å². The van der Waals surface area contributed by atoms with E-state index in [0.29, 0.717) is 18.4 Å². The normalized spacial score (nSPS) is 46.4. The Morgan fingerprint density at radius 1 is 1.17 bits per heavy atom. The summed E-state index contributed by atoms with van der Waals surface area (Å²) in [6.07, 6.45) is 16.2. The molecule has 5 unspecified atom stereocenters. The molecular formula is C17H22O. The first-order valence-corrected chi connectivity index (χ1v) is 7.52. The van der Waals surface area contributed by atoms with Crippen molar-refractivity contribution in [3.05, 3.63) is 35.5 Å². The summed E-state index contributed by atoms with van der Waals surface area (Å²) in [5.41, 5.74) is 3.32. The first kappa shape index (κ1) is 11.0. The Bertz CT molecular complexity index is 443. The number of aliphatic hydroxyl groups is 1. The molecule has 5 atom stereocenters. The highest BCUT2D eigenvalue weighted by molar-refractivity contribution is 5.30. The zero-order chi connectivity index (χ0) is 12.1. The lowest BCUT2D eigenvalue weighted by atomic mass is 9.85. The van der Waals surface area contributed by atoms with Gasteiger partial charge in [0.25, 0.3) is 0 Å². The second-order valence-electron chi connectivity index (χ2n) is 6.70. The molecule has 0 aromatic rings. The van der Waals surface area contributed by atoms with Crippen LogP contribution in [0.2, 0.25) is 0 Å². The van der Waals surface area contributed by atoms with Gasteiger partial charge in [0.15, 0.2) is 0 Å². The van der Waals surface area contributed by atoms with Gasteiger partial charge in [-0.2, -0.15) is 0 Å². The van der Waals surface area contributed by atoms with Gasteiger partial charge in [0.2, 0.25) is 0 Å². The Morgan fingerprint density at radius 2 is 2.11 bits per heavy atom. The molecule has 0 aliphatic heterocycles. The Balaban J connectivity index is 1.46. The molecule has 1 N–H and O–H groups in total. The smallest absolute Gasteiger partial charge is 0.0465 e. The number of hydrogen-bond acceptors (Lipinski definition) is 1. The summed E-state index contributed by atoms with van der Waals surface area (Å²) in [6.45, 7) is 0.391. The van der Waals surface area contributed by atoms with Gasteiger partial charge in [0.1, 0.15) is 0 Å². The average Bonchev–Trinajstić information content (AvgIpc) is 3.14. The van der Waals surface area contributed by atoms with E-state index < -0.39 is 0 Å². The van der Waals surface area contributed by atoms with Crippen LogP contribution in [0, 0.1) is 29.6 Å². The van der Waals surface area contributed by atoms with Crippen molar-refractivity contribution >= 4 is 0 Å². The first-order valence-electron chi connectivity index (χ1n) is 7.52. The van der Waals surface area contributed by atoms with Gasteiger partial charge < -0.3 is 5.11 Å². The van der Waals surface area contributed by atoms with E-state index >= 15 is 0 Å². The summed E-state index contributed by atoms with van der Waals surface area (Å²) in [4.78, 5) is 0. The van der Waals surface area contributed by atoms with E-state index in [-0.39, 0.29) is 0 Å². The number of aliphatic hydroxyl groups excluding tert-OH is 1. The lowest BCUT2D eigenvalue weighted by Gasteiger charge is -2.21. The molecule has 0 spiro atoms. The molecule has 4 bridgehead atoms. The van der Waals surface area contributed by atoms with E-state index in [0.717, 1.165) is 24.2 Å². The molecule has 2 saturated carbocycles. The quantitative estimate of drug-likeness (QED) is 0.751. The minimum absolute atomic E-state index is 0.391. The van der Waals surface area contributed by atoms with Crippen molar-refractivity contribution in [1.82, 2.24) is 0 Å². The van der Waals surface area contributed by atoms with Crippen LogP contribution < -0.4 is 0 Å². The molecule has 4 rings (SSSR count). The molecule has 4 aliphatic carbocycles. The highest BCUT2D eigenvalue weighted by atomic mass is 16.3. The van der Waals surface area contributed by atoms with Crippen LogP contribution in [0.1, 0.15) is 32.1 Å². The van der Waals surface area contributed by atoms with E-state index in [1.165, 1.54) is 25.7 Å². The van der Waals surface area contributed by atoms with Crippen molar-refractivity contribution in [2.24, 2.45) is 29.6 Å². The third-order valence-electron chi connectivity index (χ3n) is 5.64. The second kappa shape index (κ2) is 4.09. The SMILES string of the molecule is OCC1CC2C=C(C/C=C3\CC4C=CC3C4)C1C2. The molecule has 4 aliphatic rings. The fourth-order valence-corrected chi connectivity index (χ4v) is 4.74. The van der Waals surface area contributed by atoms with Crippen LogP contribution >= 0.6 is 0 Å². The zero-order valence-corrected chi connectivity index (χ0v) is 10.9.